The summed E-state index contributed by atoms with van der Waals surface area (Å²) < 4.78 is 1.77. The van der Waals surface area contributed by atoms with Crippen LogP contribution < -0.4 is 11.1 Å². The minimum atomic E-state index is -0.130. The van der Waals surface area contributed by atoms with Crippen molar-refractivity contribution in [3.63, 3.8) is 0 Å². The van der Waals surface area contributed by atoms with Gasteiger partial charge in [0, 0.05) is 19.8 Å². The Bertz CT molecular complexity index is 553. The number of nitrogens with zero attached hydrogens (tertiary/aromatic N) is 2. The molecule has 0 aliphatic carbocycles. The molecule has 0 aromatic carbocycles. The minimum absolute atomic E-state index is 0.130. The van der Waals surface area contributed by atoms with Crippen molar-refractivity contribution in [2.75, 3.05) is 12.3 Å². The third kappa shape index (κ3) is 2.60. The number of nitrogens with one attached hydrogen (secondary N) is 2. The molecule has 2 rings (SSSR count). The number of carbonyl (C=O) groups excluding carboxylic acids is 1. The SMILES string of the molecule is Cn1c(C=CCNC(=O)c2ccc[nH]2)cnc1N. The number of aromatic nitrogens is 3. The fourth-order valence-electron chi connectivity index (χ4n) is 1.49. The molecule has 94 valence electrons. The van der Waals surface area contributed by atoms with Crippen LogP contribution in [0.1, 0.15) is 16.2 Å². The molecule has 6 heteroatoms. The fraction of sp³-hybridized carbons (Fsp3) is 0.167. The van der Waals surface area contributed by atoms with Crippen molar-refractivity contribution in [1.82, 2.24) is 19.9 Å². The molecule has 0 saturated heterocycles. The summed E-state index contributed by atoms with van der Waals surface area (Å²) in [5, 5.41) is 2.76. The molecule has 0 spiro atoms. The maximum atomic E-state index is 11.6. The average Bonchev–Trinajstić information content (AvgIpc) is 2.99. The summed E-state index contributed by atoms with van der Waals surface area (Å²) in [6.45, 7) is 0.447. The zero-order valence-corrected chi connectivity index (χ0v) is 10.1. The van der Waals surface area contributed by atoms with Gasteiger partial charge in [0.15, 0.2) is 5.95 Å². The van der Waals surface area contributed by atoms with E-state index in [1.54, 1.807) is 29.1 Å². The van der Waals surface area contributed by atoms with E-state index in [4.69, 9.17) is 5.73 Å². The molecule has 0 saturated carbocycles. The van der Waals surface area contributed by atoms with Gasteiger partial charge < -0.3 is 20.6 Å². The van der Waals surface area contributed by atoms with Gasteiger partial charge in [-0.1, -0.05) is 6.08 Å². The Hall–Kier alpha value is -2.50. The van der Waals surface area contributed by atoms with Crippen molar-refractivity contribution in [2.45, 2.75) is 0 Å². The number of rotatable bonds is 4. The Morgan fingerprint density at radius 3 is 3.11 bits per heavy atom. The van der Waals surface area contributed by atoms with E-state index in [1.165, 1.54) is 0 Å². The highest BCUT2D eigenvalue weighted by Gasteiger charge is 2.03. The van der Waals surface area contributed by atoms with E-state index in [9.17, 15) is 4.79 Å². The molecule has 2 aromatic rings. The van der Waals surface area contributed by atoms with E-state index < -0.39 is 0 Å². The van der Waals surface area contributed by atoms with Crippen molar-refractivity contribution in [1.29, 1.82) is 0 Å². The molecule has 0 atom stereocenters. The normalized spacial score (nSPS) is 10.9. The molecule has 1 amide bonds. The molecule has 6 nitrogen and oxygen atoms in total. The predicted octanol–water partition coefficient (Wildman–Crippen LogP) is 0.774. The van der Waals surface area contributed by atoms with Crippen LogP contribution in [-0.4, -0.2) is 27.0 Å². The Kier molecular flexibility index (Phi) is 3.47. The van der Waals surface area contributed by atoms with Gasteiger partial charge in [-0.05, 0) is 18.2 Å². The number of amides is 1. The van der Waals surface area contributed by atoms with E-state index in [1.807, 2.05) is 19.2 Å². The Balaban J connectivity index is 1.86. The summed E-state index contributed by atoms with van der Waals surface area (Å²) >= 11 is 0. The summed E-state index contributed by atoms with van der Waals surface area (Å²) in [7, 11) is 1.83. The fourth-order valence-corrected chi connectivity index (χ4v) is 1.49. The molecule has 0 bridgehead atoms. The average molecular weight is 245 g/mol. The molecule has 0 aliphatic heterocycles. The van der Waals surface area contributed by atoms with Gasteiger partial charge in [-0.25, -0.2) is 4.98 Å². The Morgan fingerprint density at radius 1 is 1.67 bits per heavy atom. The van der Waals surface area contributed by atoms with Crippen molar-refractivity contribution >= 4 is 17.9 Å². The number of hydrogen-bond donors (Lipinski definition) is 3. The van der Waals surface area contributed by atoms with Gasteiger partial charge in [-0.2, -0.15) is 0 Å². The second-order valence-corrected chi connectivity index (χ2v) is 3.80. The minimum Gasteiger partial charge on any atom is -0.369 e. The van der Waals surface area contributed by atoms with Crippen LogP contribution in [-0.2, 0) is 7.05 Å². The number of imidazole rings is 1. The van der Waals surface area contributed by atoms with Crippen molar-refractivity contribution in [3.05, 3.63) is 42.0 Å². The lowest BCUT2D eigenvalue weighted by Gasteiger charge is -2.00. The van der Waals surface area contributed by atoms with Crippen LogP contribution in [0.15, 0.2) is 30.6 Å². The maximum Gasteiger partial charge on any atom is 0.267 e. The van der Waals surface area contributed by atoms with Crippen molar-refractivity contribution < 1.29 is 4.79 Å². The van der Waals surface area contributed by atoms with Crippen LogP contribution >= 0.6 is 0 Å². The highest BCUT2D eigenvalue weighted by atomic mass is 16.1. The topological polar surface area (TPSA) is 88.7 Å². The van der Waals surface area contributed by atoms with Gasteiger partial charge >= 0.3 is 0 Å². The number of H-pyrrole nitrogens is 1. The number of aromatic amines is 1. The first-order valence-electron chi connectivity index (χ1n) is 5.54. The first-order valence-corrected chi connectivity index (χ1v) is 5.54. The lowest BCUT2D eigenvalue weighted by molar-refractivity contribution is 0.0953. The standard InChI is InChI=1S/C12H15N5O/c1-17-9(8-16-12(17)13)4-2-7-15-11(18)10-5-3-6-14-10/h2-6,8,14H,7H2,1H3,(H2,13,16)(H,15,18). The van der Waals surface area contributed by atoms with Gasteiger partial charge in [-0.3, -0.25) is 4.79 Å². The first kappa shape index (κ1) is 12.0. The summed E-state index contributed by atoms with van der Waals surface area (Å²) in [5.41, 5.74) is 7.04. The van der Waals surface area contributed by atoms with Crippen LogP contribution in [0, 0.1) is 0 Å². The third-order valence-corrected chi connectivity index (χ3v) is 2.57. The van der Waals surface area contributed by atoms with Gasteiger partial charge in [0.2, 0.25) is 0 Å². The quantitative estimate of drug-likeness (QED) is 0.743. The monoisotopic (exact) mass is 245 g/mol. The van der Waals surface area contributed by atoms with Crippen LogP contribution in [0.2, 0.25) is 0 Å². The molecule has 2 heterocycles. The maximum absolute atomic E-state index is 11.6. The zero-order chi connectivity index (χ0) is 13.0. The second kappa shape index (κ2) is 5.22. The molecule has 4 N–H and O–H groups in total. The lowest BCUT2D eigenvalue weighted by atomic mass is 10.3. The van der Waals surface area contributed by atoms with E-state index in [0.29, 0.717) is 18.2 Å². The summed E-state index contributed by atoms with van der Waals surface area (Å²) in [6.07, 6.45) is 7.09. The van der Waals surface area contributed by atoms with Crippen molar-refractivity contribution in [2.24, 2.45) is 7.05 Å². The van der Waals surface area contributed by atoms with E-state index in [-0.39, 0.29) is 5.91 Å². The molecular weight excluding hydrogens is 230 g/mol. The Morgan fingerprint density at radius 2 is 2.50 bits per heavy atom. The van der Waals surface area contributed by atoms with Gasteiger partial charge in [-0.15, -0.1) is 0 Å². The third-order valence-electron chi connectivity index (χ3n) is 2.57. The predicted molar refractivity (Wildman–Crippen MR) is 69.8 cm³/mol. The molecule has 0 radical (unpaired) electrons. The molecule has 0 aliphatic rings. The molecule has 0 unspecified atom stereocenters. The van der Waals surface area contributed by atoms with E-state index in [0.717, 1.165) is 5.69 Å². The van der Waals surface area contributed by atoms with E-state index >= 15 is 0 Å². The van der Waals surface area contributed by atoms with Crippen LogP contribution in [0.5, 0.6) is 0 Å². The largest absolute Gasteiger partial charge is 0.369 e. The highest BCUT2D eigenvalue weighted by molar-refractivity contribution is 5.92. The molecule has 18 heavy (non-hydrogen) atoms. The van der Waals surface area contributed by atoms with E-state index in [2.05, 4.69) is 15.3 Å². The second-order valence-electron chi connectivity index (χ2n) is 3.80. The van der Waals surface area contributed by atoms with Crippen molar-refractivity contribution in [3.8, 4) is 0 Å². The summed E-state index contributed by atoms with van der Waals surface area (Å²) in [6, 6.07) is 3.50. The number of carbonyl (C=O) groups is 1. The summed E-state index contributed by atoms with van der Waals surface area (Å²) in [5.74, 6) is 0.333. The number of nitrogen functional groups attached to an aromatic ring is 1. The molecular formula is C12H15N5O. The highest BCUT2D eigenvalue weighted by Crippen LogP contribution is 2.05. The lowest BCUT2D eigenvalue weighted by Crippen LogP contribution is -2.23. The van der Waals surface area contributed by atoms with Crippen LogP contribution in [0.25, 0.3) is 6.08 Å². The van der Waals surface area contributed by atoms with Gasteiger partial charge in [0.05, 0.1) is 11.9 Å². The first-order chi connectivity index (χ1) is 8.68. The number of hydrogen-bond acceptors (Lipinski definition) is 3. The smallest absolute Gasteiger partial charge is 0.267 e. The van der Waals surface area contributed by atoms with Gasteiger partial charge in [0.1, 0.15) is 5.69 Å². The van der Waals surface area contributed by atoms with Crippen LogP contribution in [0.4, 0.5) is 5.95 Å². The molecule has 0 fully saturated rings. The zero-order valence-electron chi connectivity index (χ0n) is 10.1. The van der Waals surface area contributed by atoms with Crippen LogP contribution in [0.3, 0.4) is 0 Å². The number of anilines is 1. The molecule has 2 aromatic heterocycles. The number of nitrogens with two attached hydrogens (primary N) is 1. The summed E-state index contributed by atoms with van der Waals surface area (Å²) in [4.78, 5) is 18.4. The van der Waals surface area contributed by atoms with Gasteiger partial charge in [0.25, 0.3) is 5.91 Å². The Labute approximate surface area is 105 Å².